The number of carbonyl (C=O) groups is 2. The van der Waals surface area contributed by atoms with Gasteiger partial charge >= 0.3 is 0 Å². The lowest BCUT2D eigenvalue weighted by Gasteiger charge is -2.32. The highest BCUT2D eigenvalue weighted by atomic mass is 19.1. The average Bonchev–Trinajstić information content (AvgIpc) is 2.90. The van der Waals surface area contributed by atoms with Crippen LogP contribution in [0, 0.1) is 5.82 Å². The van der Waals surface area contributed by atoms with E-state index in [1.54, 1.807) is 19.2 Å². The molecule has 0 unspecified atom stereocenters. The van der Waals surface area contributed by atoms with E-state index in [2.05, 4.69) is 5.32 Å². The third-order valence-electron chi connectivity index (χ3n) is 5.95. The van der Waals surface area contributed by atoms with E-state index in [1.807, 2.05) is 68.4 Å². The minimum atomic E-state index is -0.802. The monoisotopic (exact) mass is 492 g/mol. The lowest BCUT2D eigenvalue weighted by molar-refractivity contribution is -0.143. The van der Waals surface area contributed by atoms with E-state index >= 15 is 0 Å². The summed E-state index contributed by atoms with van der Waals surface area (Å²) in [4.78, 5) is 28.5. The molecule has 190 valence electrons. The Morgan fingerprint density at radius 2 is 1.67 bits per heavy atom. The lowest BCUT2D eigenvalue weighted by Crippen LogP contribution is -2.53. The van der Waals surface area contributed by atoms with Crippen molar-refractivity contribution in [2.75, 3.05) is 13.7 Å². The number of amides is 2. The standard InChI is InChI=1S/C29H33FN2O4/c1-4-21(2)31-29(34)26(18-22-11-6-5-7-12-22)32(19-23-13-10-14-24(17-23)35-3)28(33)20-36-27-16-9-8-15-25(27)30/h5-17,21,26H,4,18-20H2,1-3H3,(H,31,34)/t21-,26+/m1/s1. The highest BCUT2D eigenvalue weighted by Crippen LogP contribution is 2.20. The topological polar surface area (TPSA) is 67.9 Å². The fourth-order valence-corrected chi connectivity index (χ4v) is 3.75. The Hall–Kier alpha value is -3.87. The summed E-state index contributed by atoms with van der Waals surface area (Å²) in [5.41, 5.74) is 1.71. The van der Waals surface area contributed by atoms with Crippen LogP contribution in [-0.4, -0.2) is 42.5 Å². The van der Waals surface area contributed by atoms with Gasteiger partial charge in [-0.2, -0.15) is 0 Å². The van der Waals surface area contributed by atoms with E-state index in [0.29, 0.717) is 12.2 Å². The Morgan fingerprint density at radius 3 is 2.36 bits per heavy atom. The largest absolute Gasteiger partial charge is 0.497 e. The van der Waals surface area contributed by atoms with Crippen molar-refractivity contribution in [1.82, 2.24) is 10.2 Å². The van der Waals surface area contributed by atoms with E-state index in [4.69, 9.17) is 9.47 Å². The number of rotatable bonds is 12. The van der Waals surface area contributed by atoms with Crippen LogP contribution >= 0.6 is 0 Å². The Kier molecular flexibility index (Phi) is 9.86. The Labute approximate surface area is 212 Å². The van der Waals surface area contributed by atoms with Crippen molar-refractivity contribution in [3.63, 3.8) is 0 Å². The lowest BCUT2D eigenvalue weighted by atomic mass is 10.0. The van der Waals surface area contributed by atoms with Crippen LogP contribution in [-0.2, 0) is 22.6 Å². The van der Waals surface area contributed by atoms with Gasteiger partial charge in [-0.15, -0.1) is 0 Å². The molecule has 6 nitrogen and oxygen atoms in total. The van der Waals surface area contributed by atoms with E-state index < -0.39 is 24.4 Å². The normalized spacial score (nSPS) is 12.3. The Morgan fingerprint density at radius 1 is 0.972 bits per heavy atom. The minimum absolute atomic E-state index is 0.0177. The van der Waals surface area contributed by atoms with E-state index in [1.165, 1.54) is 17.0 Å². The number of nitrogens with one attached hydrogen (secondary N) is 1. The summed E-state index contributed by atoms with van der Waals surface area (Å²) in [6, 6.07) is 21.9. The van der Waals surface area contributed by atoms with Gasteiger partial charge in [0.05, 0.1) is 7.11 Å². The molecule has 0 heterocycles. The maximum atomic E-state index is 14.1. The van der Waals surface area contributed by atoms with Gasteiger partial charge < -0.3 is 19.7 Å². The van der Waals surface area contributed by atoms with Gasteiger partial charge in [0.25, 0.3) is 5.91 Å². The van der Waals surface area contributed by atoms with Gasteiger partial charge in [0, 0.05) is 19.0 Å². The predicted octanol–water partition coefficient (Wildman–Crippen LogP) is 4.77. The van der Waals surface area contributed by atoms with Crippen LogP contribution in [0.4, 0.5) is 4.39 Å². The summed E-state index contributed by atoms with van der Waals surface area (Å²) in [7, 11) is 1.57. The summed E-state index contributed by atoms with van der Waals surface area (Å²) in [5.74, 6) is -0.612. The first kappa shape index (κ1) is 26.7. The molecule has 36 heavy (non-hydrogen) atoms. The van der Waals surface area contributed by atoms with Crippen LogP contribution in [0.3, 0.4) is 0 Å². The van der Waals surface area contributed by atoms with Crippen molar-refractivity contribution < 1.29 is 23.5 Å². The SMILES string of the molecule is CC[C@@H](C)NC(=O)[C@H](Cc1ccccc1)N(Cc1cccc(OC)c1)C(=O)COc1ccccc1F. The summed E-state index contributed by atoms with van der Waals surface area (Å²) in [6.07, 6.45) is 1.07. The van der Waals surface area contributed by atoms with Crippen LogP contribution in [0.25, 0.3) is 0 Å². The van der Waals surface area contributed by atoms with Crippen molar-refractivity contribution in [3.8, 4) is 11.5 Å². The Bertz CT molecular complexity index is 1140. The molecular weight excluding hydrogens is 459 g/mol. The molecule has 0 fully saturated rings. The van der Waals surface area contributed by atoms with Gasteiger partial charge in [-0.25, -0.2) is 4.39 Å². The predicted molar refractivity (Wildman–Crippen MR) is 137 cm³/mol. The van der Waals surface area contributed by atoms with Crippen LogP contribution in [0.1, 0.15) is 31.4 Å². The smallest absolute Gasteiger partial charge is 0.261 e. The number of hydrogen-bond acceptors (Lipinski definition) is 4. The molecule has 7 heteroatoms. The first-order valence-electron chi connectivity index (χ1n) is 12.0. The second-order valence-corrected chi connectivity index (χ2v) is 8.62. The molecule has 3 aromatic carbocycles. The molecule has 0 aliphatic rings. The summed E-state index contributed by atoms with van der Waals surface area (Å²) >= 11 is 0. The van der Waals surface area contributed by atoms with Gasteiger partial charge in [0.2, 0.25) is 5.91 Å². The molecule has 1 N–H and O–H groups in total. The molecule has 3 rings (SSSR count). The molecule has 0 spiro atoms. The third kappa shape index (κ3) is 7.57. The fourth-order valence-electron chi connectivity index (χ4n) is 3.75. The highest BCUT2D eigenvalue weighted by molar-refractivity contribution is 5.88. The van der Waals surface area contributed by atoms with Crippen molar-refractivity contribution >= 4 is 11.8 Å². The molecular formula is C29H33FN2O4. The second-order valence-electron chi connectivity index (χ2n) is 8.62. The number of halogens is 1. The quantitative estimate of drug-likeness (QED) is 0.396. The van der Waals surface area contributed by atoms with Crippen LogP contribution < -0.4 is 14.8 Å². The van der Waals surface area contributed by atoms with Crippen molar-refractivity contribution in [2.24, 2.45) is 0 Å². The van der Waals surface area contributed by atoms with Gasteiger partial charge in [-0.1, -0.05) is 61.5 Å². The number of methoxy groups -OCH3 is 1. The number of hydrogen-bond donors (Lipinski definition) is 1. The van der Waals surface area contributed by atoms with Crippen molar-refractivity contribution in [3.05, 3.63) is 95.8 Å². The zero-order valence-corrected chi connectivity index (χ0v) is 20.9. The first-order valence-corrected chi connectivity index (χ1v) is 12.0. The molecule has 2 atom stereocenters. The first-order chi connectivity index (χ1) is 17.4. The van der Waals surface area contributed by atoms with Gasteiger partial charge in [-0.05, 0) is 48.7 Å². The molecule has 0 radical (unpaired) electrons. The zero-order chi connectivity index (χ0) is 25.9. The molecule has 0 saturated carbocycles. The molecule has 2 amide bonds. The average molecular weight is 493 g/mol. The van der Waals surface area contributed by atoms with Crippen LogP contribution in [0.5, 0.6) is 11.5 Å². The van der Waals surface area contributed by atoms with Crippen LogP contribution in [0.2, 0.25) is 0 Å². The van der Waals surface area contributed by atoms with E-state index in [0.717, 1.165) is 17.5 Å². The number of para-hydroxylation sites is 1. The van der Waals surface area contributed by atoms with E-state index in [9.17, 15) is 14.0 Å². The number of carbonyl (C=O) groups excluding carboxylic acids is 2. The summed E-state index contributed by atoms with van der Waals surface area (Å²) in [5, 5.41) is 3.02. The Balaban J connectivity index is 1.94. The summed E-state index contributed by atoms with van der Waals surface area (Å²) < 4.78 is 25.0. The number of benzene rings is 3. The van der Waals surface area contributed by atoms with Crippen molar-refractivity contribution in [2.45, 2.75) is 45.3 Å². The molecule has 0 aliphatic heterocycles. The molecule has 0 saturated heterocycles. The number of nitrogens with zero attached hydrogens (tertiary/aromatic N) is 1. The molecule has 0 aromatic heterocycles. The zero-order valence-electron chi connectivity index (χ0n) is 20.9. The van der Waals surface area contributed by atoms with Gasteiger partial charge in [-0.3, -0.25) is 9.59 Å². The highest BCUT2D eigenvalue weighted by Gasteiger charge is 2.31. The van der Waals surface area contributed by atoms with E-state index in [-0.39, 0.29) is 24.2 Å². The van der Waals surface area contributed by atoms with Crippen LogP contribution in [0.15, 0.2) is 78.9 Å². The molecule has 0 bridgehead atoms. The number of ether oxygens (including phenoxy) is 2. The second kappa shape index (κ2) is 13.3. The maximum absolute atomic E-state index is 14.1. The maximum Gasteiger partial charge on any atom is 0.261 e. The summed E-state index contributed by atoms with van der Waals surface area (Å²) in [6.45, 7) is 3.65. The van der Waals surface area contributed by atoms with Gasteiger partial charge in [0.15, 0.2) is 18.2 Å². The third-order valence-corrected chi connectivity index (χ3v) is 5.95. The minimum Gasteiger partial charge on any atom is -0.497 e. The molecule has 0 aliphatic carbocycles. The fraction of sp³-hybridized carbons (Fsp3) is 0.310. The van der Waals surface area contributed by atoms with Gasteiger partial charge in [0.1, 0.15) is 11.8 Å². The molecule has 3 aromatic rings. The van der Waals surface area contributed by atoms with Crippen molar-refractivity contribution in [1.29, 1.82) is 0 Å².